The van der Waals surface area contributed by atoms with E-state index in [-0.39, 0.29) is 23.5 Å². The van der Waals surface area contributed by atoms with Gasteiger partial charge < -0.3 is 9.15 Å². The molecule has 0 saturated carbocycles. The highest BCUT2D eigenvalue weighted by atomic mass is 16.5. The average molecular weight is 560 g/mol. The third kappa shape index (κ3) is 3.67. The molecule has 3 amide bonds. The highest BCUT2D eigenvalue weighted by Gasteiger charge is 2.68. The van der Waals surface area contributed by atoms with Gasteiger partial charge >= 0.3 is 5.91 Å². The number of hydrazone groups is 1. The zero-order valence-electron chi connectivity index (χ0n) is 23.2. The predicted molar refractivity (Wildman–Crippen MR) is 157 cm³/mol. The lowest BCUT2D eigenvalue weighted by Gasteiger charge is -2.52. The van der Waals surface area contributed by atoms with E-state index in [4.69, 9.17) is 9.15 Å². The van der Waals surface area contributed by atoms with E-state index in [0.717, 1.165) is 28.7 Å². The summed E-state index contributed by atoms with van der Waals surface area (Å²) in [6.45, 7) is 4.37. The van der Waals surface area contributed by atoms with E-state index in [1.54, 1.807) is 49.5 Å². The molecule has 4 aromatic rings. The Morgan fingerprint density at radius 1 is 0.952 bits per heavy atom. The quantitative estimate of drug-likeness (QED) is 0.187. The van der Waals surface area contributed by atoms with Gasteiger partial charge in [-0.05, 0) is 72.0 Å². The van der Waals surface area contributed by atoms with E-state index in [0.29, 0.717) is 23.8 Å². The van der Waals surface area contributed by atoms with Gasteiger partial charge in [-0.2, -0.15) is 5.10 Å². The Morgan fingerprint density at radius 3 is 2.24 bits per heavy atom. The number of amides is 3. The number of imide groups is 1. The Hall–Kier alpha value is -4.98. The molecule has 210 valence electrons. The Kier molecular flexibility index (Phi) is 6.08. The van der Waals surface area contributed by atoms with E-state index in [2.05, 4.69) is 10.5 Å². The van der Waals surface area contributed by atoms with Crippen molar-refractivity contribution in [3.8, 4) is 5.75 Å². The van der Waals surface area contributed by atoms with Gasteiger partial charge in [0.2, 0.25) is 11.8 Å². The first kappa shape index (κ1) is 26.0. The lowest BCUT2D eigenvalue weighted by molar-refractivity contribution is -0.122. The molecule has 3 aromatic carbocycles. The number of aryl methyl sites for hydroxylation is 1. The first-order chi connectivity index (χ1) is 20.5. The minimum Gasteiger partial charge on any atom is -0.494 e. The fraction of sp³-hybridized carbons (Fsp3) is 0.235. The molecule has 0 unspecified atom stereocenters. The second-order valence-corrected chi connectivity index (χ2v) is 11.0. The molecule has 1 fully saturated rings. The molecule has 2 heterocycles. The van der Waals surface area contributed by atoms with Crippen LogP contribution in [0, 0.1) is 18.8 Å². The molecular formula is C34H29N3O5. The standard InChI is InChI=1S/C34H29N3O5/c1-3-18-41-22-15-13-21(14-16-22)37-32(39)29-28-23-8-4-6-10-25(23)34(30(29)33(37)40,26-11-7-5-9-24(26)28)19-35-36-31(38)27-17-12-20(2)42-27/h4-17,19,28-30H,3,18H2,1-2H3,(H,36,38)/b35-19-/t28?,29-,30-,34?/m0/s1. The van der Waals surface area contributed by atoms with Gasteiger partial charge in [-0.1, -0.05) is 55.5 Å². The van der Waals surface area contributed by atoms with Crippen LogP contribution < -0.4 is 15.1 Å². The molecule has 1 aromatic heterocycles. The first-order valence-electron chi connectivity index (χ1n) is 14.2. The van der Waals surface area contributed by atoms with Crippen LogP contribution in [0.3, 0.4) is 0 Å². The molecule has 0 radical (unpaired) electrons. The van der Waals surface area contributed by atoms with Crippen LogP contribution in [0.25, 0.3) is 0 Å². The van der Waals surface area contributed by atoms with Gasteiger partial charge in [0.1, 0.15) is 11.5 Å². The topological polar surface area (TPSA) is 101 Å². The van der Waals surface area contributed by atoms with E-state index in [1.807, 2.05) is 55.5 Å². The maximum Gasteiger partial charge on any atom is 0.307 e. The first-order valence-corrected chi connectivity index (χ1v) is 14.2. The number of carbonyl (C=O) groups is 3. The normalized spacial score (nSPS) is 23.6. The number of hydrogen-bond donors (Lipinski definition) is 1. The summed E-state index contributed by atoms with van der Waals surface area (Å²) in [7, 11) is 0. The van der Waals surface area contributed by atoms with Gasteiger partial charge in [0, 0.05) is 12.1 Å². The van der Waals surface area contributed by atoms with Crippen LogP contribution in [0.15, 0.2) is 94.4 Å². The highest BCUT2D eigenvalue weighted by molar-refractivity contribution is 6.25. The molecule has 1 saturated heterocycles. The minimum atomic E-state index is -1.08. The lowest BCUT2D eigenvalue weighted by Crippen LogP contribution is -2.54. The summed E-state index contributed by atoms with van der Waals surface area (Å²) in [5.74, 6) is -1.27. The van der Waals surface area contributed by atoms with Crippen LogP contribution in [0.2, 0.25) is 0 Å². The van der Waals surface area contributed by atoms with Crippen LogP contribution in [-0.2, 0) is 15.0 Å². The second-order valence-electron chi connectivity index (χ2n) is 11.0. The number of furan rings is 1. The van der Waals surface area contributed by atoms with Crippen molar-refractivity contribution < 1.29 is 23.5 Å². The monoisotopic (exact) mass is 559 g/mol. The summed E-state index contributed by atoms with van der Waals surface area (Å²) >= 11 is 0. The van der Waals surface area contributed by atoms with Crippen molar-refractivity contribution in [3.63, 3.8) is 0 Å². The van der Waals surface area contributed by atoms with Gasteiger partial charge in [0.25, 0.3) is 0 Å². The van der Waals surface area contributed by atoms with E-state index < -0.39 is 23.2 Å². The number of nitrogens with one attached hydrogen (secondary N) is 1. The minimum absolute atomic E-state index is 0.137. The van der Waals surface area contributed by atoms with Crippen molar-refractivity contribution in [2.24, 2.45) is 16.9 Å². The second kappa shape index (κ2) is 9.83. The van der Waals surface area contributed by atoms with Crippen molar-refractivity contribution in [2.75, 3.05) is 11.5 Å². The van der Waals surface area contributed by atoms with Gasteiger partial charge in [0.15, 0.2) is 5.76 Å². The van der Waals surface area contributed by atoms with E-state index in [1.165, 1.54) is 4.90 Å². The largest absolute Gasteiger partial charge is 0.494 e. The molecule has 8 heteroatoms. The number of hydrogen-bond acceptors (Lipinski definition) is 6. The van der Waals surface area contributed by atoms with Crippen LogP contribution in [-0.4, -0.2) is 30.5 Å². The summed E-state index contributed by atoms with van der Waals surface area (Å²) in [5.41, 5.74) is 5.81. The molecule has 8 nitrogen and oxygen atoms in total. The molecule has 0 spiro atoms. The summed E-state index contributed by atoms with van der Waals surface area (Å²) in [6, 6.07) is 26.2. The van der Waals surface area contributed by atoms with Crippen LogP contribution in [0.1, 0.15) is 57.8 Å². The van der Waals surface area contributed by atoms with Gasteiger partial charge in [-0.25, -0.2) is 10.3 Å². The molecule has 2 bridgehead atoms. The zero-order valence-corrected chi connectivity index (χ0v) is 23.2. The summed E-state index contributed by atoms with van der Waals surface area (Å²) < 4.78 is 11.2. The number of benzene rings is 3. The van der Waals surface area contributed by atoms with Crippen molar-refractivity contribution >= 4 is 29.6 Å². The molecule has 1 aliphatic heterocycles. The maximum atomic E-state index is 14.5. The Balaban J connectivity index is 1.35. The van der Waals surface area contributed by atoms with Crippen molar-refractivity contribution in [1.82, 2.24) is 5.43 Å². The van der Waals surface area contributed by atoms with Crippen LogP contribution in [0.4, 0.5) is 5.69 Å². The number of carbonyl (C=O) groups excluding carboxylic acids is 3. The molecule has 8 rings (SSSR count). The Morgan fingerprint density at radius 2 is 1.62 bits per heavy atom. The van der Waals surface area contributed by atoms with E-state index in [9.17, 15) is 14.4 Å². The Labute approximate surface area is 243 Å². The fourth-order valence-electron chi connectivity index (χ4n) is 7.02. The Bertz CT molecular complexity index is 1710. The van der Waals surface area contributed by atoms with Gasteiger partial charge in [-0.15, -0.1) is 0 Å². The molecular weight excluding hydrogens is 530 g/mol. The number of anilines is 1. The number of ether oxygens (including phenoxy) is 1. The van der Waals surface area contributed by atoms with Crippen LogP contribution >= 0.6 is 0 Å². The van der Waals surface area contributed by atoms with Crippen LogP contribution in [0.5, 0.6) is 5.75 Å². The zero-order chi connectivity index (χ0) is 29.0. The highest BCUT2D eigenvalue weighted by Crippen LogP contribution is 2.63. The van der Waals surface area contributed by atoms with Crippen molar-refractivity contribution in [2.45, 2.75) is 31.6 Å². The third-order valence-corrected chi connectivity index (χ3v) is 8.65. The van der Waals surface area contributed by atoms with Gasteiger partial charge in [0.05, 0.1) is 29.5 Å². The average Bonchev–Trinajstić information content (AvgIpc) is 3.57. The predicted octanol–water partition coefficient (Wildman–Crippen LogP) is 5.34. The maximum absolute atomic E-state index is 14.5. The molecule has 3 aliphatic carbocycles. The van der Waals surface area contributed by atoms with Crippen molar-refractivity contribution in [1.29, 1.82) is 0 Å². The SMILES string of the molecule is CCCOc1ccc(N2C(=O)[C@@H]3[C@@H](C2=O)C2c4ccccc4C3(/C=N\NC(=O)c3ccc(C)o3)c3ccccc32)cc1. The molecule has 4 aliphatic rings. The molecule has 1 N–H and O–H groups in total. The van der Waals surface area contributed by atoms with E-state index >= 15 is 0 Å². The molecule has 2 atom stereocenters. The fourth-order valence-corrected chi connectivity index (χ4v) is 7.02. The van der Waals surface area contributed by atoms with Crippen molar-refractivity contribution in [3.05, 3.63) is 119 Å². The lowest BCUT2D eigenvalue weighted by atomic mass is 9.47. The number of rotatable bonds is 7. The summed E-state index contributed by atoms with van der Waals surface area (Å²) in [6.07, 6.45) is 2.52. The third-order valence-electron chi connectivity index (χ3n) is 8.65. The van der Waals surface area contributed by atoms with Gasteiger partial charge in [-0.3, -0.25) is 14.4 Å². The smallest absolute Gasteiger partial charge is 0.307 e. The summed E-state index contributed by atoms with van der Waals surface area (Å²) in [4.78, 5) is 42.9. The summed E-state index contributed by atoms with van der Waals surface area (Å²) in [5, 5.41) is 4.42. The number of nitrogens with zero attached hydrogens (tertiary/aromatic N) is 2. The molecule has 42 heavy (non-hydrogen) atoms.